The lowest BCUT2D eigenvalue weighted by atomic mass is 10.1. The standard InChI is InChI=1S/C6H2Cl2O4.2C4H6N2/c7-1-3(9)5(11)2(8)6(12)4(1)10;2*1-4-2-3-5-6-4/h9,12H;2*2-3H,1H3,(H,5,6). The highest BCUT2D eigenvalue weighted by atomic mass is 35.5. The van der Waals surface area contributed by atoms with Crippen LogP contribution >= 0.6 is 23.2 Å². The van der Waals surface area contributed by atoms with Gasteiger partial charge in [-0.3, -0.25) is 9.59 Å². The van der Waals surface area contributed by atoms with Crippen LogP contribution in [0.2, 0.25) is 0 Å². The molecule has 10 heteroatoms. The van der Waals surface area contributed by atoms with Crippen LogP contribution in [0, 0.1) is 13.8 Å². The summed E-state index contributed by atoms with van der Waals surface area (Å²) in [6, 6.07) is 3.94. The van der Waals surface area contributed by atoms with Crippen LogP contribution < -0.4 is 20.4 Å². The van der Waals surface area contributed by atoms with Gasteiger partial charge in [0.05, 0.1) is 21.5 Å². The smallest absolute Gasteiger partial charge is 0.193 e. The molecule has 8 nitrogen and oxygen atoms in total. The number of Topliss-reactive ketones (excluding diaryl/α,β-unsaturated/α-hetero) is 2. The van der Waals surface area contributed by atoms with Crippen molar-refractivity contribution < 1.29 is 30.0 Å². The fraction of sp³-hybridized carbons (Fsp3) is 0.143. The fourth-order valence-corrected chi connectivity index (χ4v) is 1.68. The molecule has 0 spiro atoms. The Bertz CT molecular complexity index is 671. The minimum Gasteiger partial charge on any atom is -0.869 e. The van der Waals surface area contributed by atoms with Gasteiger partial charge in [0.15, 0.2) is 24.0 Å². The molecule has 0 unspecified atom stereocenters. The summed E-state index contributed by atoms with van der Waals surface area (Å²) in [5.74, 6) is -4.92. The number of aromatic nitrogens is 4. The summed E-state index contributed by atoms with van der Waals surface area (Å²) >= 11 is 10.2. The Hall–Kier alpha value is -2.58. The molecule has 4 N–H and O–H groups in total. The van der Waals surface area contributed by atoms with E-state index in [0.29, 0.717) is 0 Å². The second-order valence-corrected chi connectivity index (χ2v) is 5.27. The molecule has 0 radical (unpaired) electrons. The molecule has 2 aromatic heterocycles. The first-order valence-corrected chi connectivity index (χ1v) is 7.27. The van der Waals surface area contributed by atoms with E-state index in [-0.39, 0.29) is 0 Å². The number of ketones is 2. The van der Waals surface area contributed by atoms with Crippen molar-refractivity contribution in [3.8, 4) is 0 Å². The predicted molar refractivity (Wildman–Crippen MR) is 79.9 cm³/mol. The van der Waals surface area contributed by atoms with E-state index in [4.69, 9.17) is 23.2 Å². The van der Waals surface area contributed by atoms with Gasteiger partial charge in [-0.25, -0.2) is 0 Å². The van der Waals surface area contributed by atoms with E-state index in [1.807, 2.05) is 38.4 Å². The predicted octanol–water partition coefficient (Wildman–Crippen LogP) is -0.966. The van der Waals surface area contributed by atoms with Crippen LogP contribution in [0.15, 0.2) is 46.1 Å². The Morgan fingerprint density at radius 2 is 1.17 bits per heavy atom. The number of nitrogens with one attached hydrogen (secondary N) is 4. The maximum Gasteiger partial charge on any atom is 0.193 e. The number of rotatable bonds is 0. The zero-order valence-corrected chi connectivity index (χ0v) is 14.2. The zero-order chi connectivity index (χ0) is 18.3. The number of halogens is 2. The summed E-state index contributed by atoms with van der Waals surface area (Å²) in [5, 5.41) is 31.0. The molecule has 2 aromatic rings. The Morgan fingerprint density at radius 3 is 1.33 bits per heavy atom. The minimum atomic E-state index is -1.23. The molecule has 0 aromatic carbocycles. The lowest BCUT2D eigenvalue weighted by Crippen LogP contribution is -2.31. The van der Waals surface area contributed by atoms with E-state index in [2.05, 4.69) is 20.4 Å². The average Bonchev–Trinajstić information content (AvgIpc) is 3.24. The average molecular weight is 373 g/mol. The Balaban J connectivity index is 0.000000200. The summed E-state index contributed by atoms with van der Waals surface area (Å²) in [7, 11) is 0. The molecular weight excluding hydrogens is 359 g/mol. The van der Waals surface area contributed by atoms with Crippen molar-refractivity contribution in [2.75, 3.05) is 0 Å². The largest absolute Gasteiger partial charge is 0.869 e. The van der Waals surface area contributed by atoms with Crippen LogP contribution in [0.5, 0.6) is 0 Å². The molecule has 2 heterocycles. The normalized spacial score (nSPS) is 14.0. The van der Waals surface area contributed by atoms with E-state index in [9.17, 15) is 19.8 Å². The van der Waals surface area contributed by atoms with Crippen LogP contribution in [-0.4, -0.2) is 21.8 Å². The Kier molecular flexibility index (Phi) is 7.22. The highest BCUT2D eigenvalue weighted by Gasteiger charge is 2.22. The van der Waals surface area contributed by atoms with Gasteiger partial charge in [-0.1, -0.05) is 23.2 Å². The molecule has 128 valence electrons. The first-order valence-electron chi connectivity index (χ1n) is 6.52. The van der Waals surface area contributed by atoms with E-state index in [0.717, 1.165) is 11.4 Å². The number of hydrogen-bond donors (Lipinski definition) is 2. The van der Waals surface area contributed by atoms with Gasteiger partial charge < -0.3 is 10.2 Å². The first-order chi connectivity index (χ1) is 11.3. The van der Waals surface area contributed by atoms with Crippen molar-refractivity contribution in [3.63, 3.8) is 0 Å². The highest BCUT2D eigenvalue weighted by molar-refractivity contribution is 6.55. The number of carbonyl (C=O) groups excluding carboxylic acids is 2. The van der Waals surface area contributed by atoms with Crippen molar-refractivity contribution >= 4 is 34.8 Å². The van der Waals surface area contributed by atoms with Gasteiger partial charge in [0.25, 0.3) is 0 Å². The molecule has 0 atom stereocenters. The van der Waals surface area contributed by atoms with Crippen molar-refractivity contribution in [2.24, 2.45) is 0 Å². The third kappa shape index (κ3) is 5.25. The molecule has 0 saturated heterocycles. The van der Waals surface area contributed by atoms with E-state index in [1.165, 1.54) is 0 Å². The molecule has 0 amide bonds. The molecule has 0 aliphatic heterocycles. The van der Waals surface area contributed by atoms with Gasteiger partial charge in [0, 0.05) is 12.1 Å². The zero-order valence-electron chi connectivity index (χ0n) is 12.7. The van der Waals surface area contributed by atoms with Crippen molar-refractivity contribution in [2.45, 2.75) is 13.8 Å². The van der Waals surface area contributed by atoms with Crippen LogP contribution in [0.4, 0.5) is 0 Å². The number of carbonyl (C=O) groups is 2. The van der Waals surface area contributed by atoms with Crippen molar-refractivity contribution in [1.29, 1.82) is 0 Å². The summed E-state index contributed by atoms with van der Waals surface area (Å²) in [5.41, 5.74) is 2.32. The molecular formula is C14H14Cl2N4O4. The SMILES string of the molecule is Cc1cc[nH+][nH]1.Cc1cc[nH+][nH]1.O=C1C([O-])=C(Cl)C(=O)C([O-])=C1Cl. The molecule has 3 rings (SSSR count). The lowest BCUT2D eigenvalue weighted by molar-refractivity contribution is -0.450. The topological polar surface area (TPSA) is 140 Å². The monoisotopic (exact) mass is 372 g/mol. The molecule has 0 saturated carbocycles. The van der Waals surface area contributed by atoms with Crippen molar-refractivity contribution in [3.05, 3.63) is 57.5 Å². The summed E-state index contributed by atoms with van der Waals surface area (Å²) in [6.07, 6.45) is 3.71. The van der Waals surface area contributed by atoms with Gasteiger partial charge in [-0.2, -0.15) is 10.2 Å². The summed E-state index contributed by atoms with van der Waals surface area (Å²) < 4.78 is 0. The van der Waals surface area contributed by atoms with Gasteiger partial charge in [0.1, 0.15) is 0 Å². The minimum absolute atomic E-state index is 0.894. The van der Waals surface area contributed by atoms with Gasteiger partial charge >= 0.3 is 0 Å². The van der Waals surface area contributed by atoms with Gasteiger partial charge in [0.2, 0.25) is 0 Å². The van der Waals surface area contributed by atoms with Crippen LogP contribution in [0.1, 0.15) is 11.4 Å². The van der Waals surface area contributed by atoms with Gasteiger partial charge in [-0.05, 0) is 25.4 Å². The fourth-order valence-electron chi connectivity index (χ4n) is 1.33. The summed E-state index contributed by atoms with van der Waals surface area (Å²) in [6.45, 7) is 3.99. The number of aryl methyl sites for hydroxylation is 2. The number of H-pyrrole nitrogens is 4. The third-order valence-corrected chi connectivity index (χ3v) is 3.27. The van der Waals surface area contributed by atoms with Crippen molar-refractivity contribution in [1.82, 2.24) is 10.2 Å². The second kappa shape index (κ2) is 8.90. The molecule has 0 bridgehead atoms. The second-order valence-electron chi connectivity index (χ2n) is 4.52. The summed E-state index contributed by atoms with van der Waals surface area (Å²) in [4.78, 5) is 21.4. The number of hydrogen-bond acceptors (Lipinski definition) is 4. The van der Waals surface area contributed by atoms with Crippen LogP contribution in [0.3, 0.4) is 0 Å². The van der Waals surface area contributed by atoms with E-state index >= 15 is 0 Å². The number of aromatic amines is 4. The van der Waals surface area contributed by atoms with E-state index in [1.54, 1.807) is 0 Å². The van der Waals surface area contributed by atoms with Gasteiger partial charge in [-0.15, -0.1) is 10.2 Å². The maximum absolute atomic E-state index is 10.7. The lowest BCUT2D eigenvalue weighted by Gasteiger charge is -2.23. The molecule has 0 fully saturated rings. The molecule has 1 aliphatic carbocycles. The van der Waals surface area contributed by atoms with Crippen LogP contribution in [-0.2, 0) is 9.59 Å². The third-order valence-electron chi connectivity index (χ3n) is 2.58. The maximum atomic E-state index is 10.7. The Morgan fingerprint density at radius 1 is 0.833 bits per heavy atom. The van der Waals surface area contributed by atoms with E-state index < -0.39 is 33.1 Å². The molecule has 24 heavy (non-hydrogen) atoms. The first kappa shape index (κ1) is 19.5. The van der Waals surface area contributed by atoms with Crippen LogP contribution in [0.25, 0.3) is 0 Å². The quantitative estimate of drug-likeness (QED) is 0.574. The number of allylic oxidation sites excluding steroid dienone is 2. The Labute approximate surface area is 146 Å². The highest BCUT2D eigenvalue weighted by Crippen LogP contribution is 2.23. The molecule has 1 aliphatic rings.